The number of anilines is 1. The first-order valence-electron chi connectivity index (χ1n) is 5.37. The molecule has 1 aromatic heterocycles. The van der Waals surface area contributed by atoms with E-state index in [0.29, 0.717) is 23.9 Å². The lowest BCUT2D eigenvalue weighted by atomic mass is 10.3. The van der Waals surface area contributed by atoms with Crippen molar-refractivity contribution in [2.45, 2.75) is 18.8 Å². The molecule has 0 saturated carbocycles. The highest BCUT2D eigenvalue weighted by atomic mass is 35.5. The van der Waals surface area contributed by atoms with E-state index in [1.807, 2.05) is 24.0 Å². The first kappa shape index (κ1) is 12.6. The fraction of sp³-hybridized carbons (Fsp3) is 0.600. The first-order chi connectivity index (χ1) is 8.02. The van der Waals surface area contributed by atoms with Crippen LogP contribution in [0.25, 0.3) is 0 Å². The van der Waals surface area contributed by atoms with Crippen LogP contribution in [0, 0.1) is 0 Å². The number of halogens is 1. The summed E-state index contributed by atoms with van der Waals surface area (Å²) in [6, 6.07) is 3.58. The molecular weight excluding hydrogens is 262 g/mol. The molecule has 1 aromatic rings. The van der Waals surface area contributed by atoms with Crippen LogP contribution in [0.15, 0.2) is 12.1 Å². The fourth-order valence-electron chi connectivity index (χ4n) is 1.92. The van der Waals surface area contributed by atoms with Gasteiger partial charge in [0, 0.05) is 12.6 Å². The van der Waals surface area contributed by atoms with Gasteiger partial charge in [-0.3, -0.25) is 0 Å². The highest BCUT2D eigenvalue weighted by molar-refractivity contribution is 7.91. The molecule has 1 aliphatic rings. The molecule has 94 valence electrons. The molecule has 1 unspecified atom stereocenters. The number of sulfone groups is 1. The molecule has 1 saturated heterocycles. The minimum atomic E-state index is -2.90. The molecule has 0 aromatic carbocycles. The van der Waals surface area contributed by atoms with Gasteiger partial charge in [0.2, 0.25) is 0 Å². The van der Waals surface area contributed by atoms with Gasteiger partial charge in [0.1, 0.15) is 0 Å². The number of rotatable bonds is 2. The SMILES string of the molecule is CC1CS(=O)(=O)CCN1c1ccc(CCl)nn1. The van der Waals surface area contributed by atoms with E-state index in [4.69, 9.17) is 11.6 Å². The van der Waals surface area contributed by atoms with Crippen LogP contribution < -0.4 is 4.90 Å². The summed E-state index contributed by atoms with van der Waals surface area (Å²) in [7, 11) is -2.90. The van der Waals surface area contributed by atoms with E-state index in [-0.39, 0.29) is 17.5 Å². The molecule has 2 heterocycles. The Hall–Kier alpha value is -0.880. The van der Waals surface area contributed by atoms with Crippen LogP contribution in [0.1, 0.15) is 12.6 Å². The molecule has 0 bridgehead atoms. The van der Waals surface area contributed by atoms with E-state index >= 15 is 0 Å². The number of hydrogen-bond donors (Lipinski definition) is 0. The predicted molar refractivity (Wildman–Crippen MR) is 67.1 cm³/mol. The van der Waals surface area contributed by atoms with Gasteiger partial charge in [0.05, 0.1) is 23.1 Å². The molecular formula is C10H14ClN3O2S. The standard InChI is InChI=1S/C10H14ClN3O2S/c1-8-7-17(15,16)5-4-14(8)10-3-2-9(6-11)12-13-10/h2-3,8H,4-7H2,1H3. The van der Waals surface area contributed by atoms with Crippen LogP contribution in [0.2, 0.25) is 0 Å². The zero-order valence-corrected chi connectivity index (χ0v) is 11.1. The quantitative estimate of drug-likeness (QED) is 0.749. The summed E-state index contributed by atoms with van der Waals surface area (Å²) in [4.78, 5) is 1.96. The third-order valence-corrected chi connectivity index (χ3v) is 4.88. The molecule has 0 N–H and O–H groups in total. The summed E-state index contributed by atoms with van der Waals surface area (Å²) >= 11 is 5.64. The zero-order valence-electron chi connectivity index (χ0n) is 9.50. The molecule has 1 atom stereocenters. The second kappa shape index (κ2) is 4.78. The normalized spacial score (nSPS) is 23.6. The lowest BCUT2D eigenvalue weighted by molar-refractivity contribution is 0.566. The fourth-order valence-corrected chi connectivity index (χ4v) is 3.62. The van der Waals surface area contributed by atoms with E-state index < -0.39 is 9.84 Å². The maximum Gasteiger partial charge on any atom is 0.154 e. The third kappa shape index (κ3) is 2.87. The van der Waals surface area contributed by atoms with Crippen LogP contribution in [0.3, 0.4) is 0 Å². The van der Waals surface area contributed by atoms with Gasteiger partial charge in [0.25, 0.3) is 0 Å². The van der Waals surface area contributed by atoms with Crippen molar-refractivity contribution in [3.05, 3.63) is 17.8 Å². The molecule has 0 spiro atoms. The van der Waals surface area contributed by atoms with Crippen molar-refractivity contribution in [2.24, 2.45) is 0 Å². The Balaban J connectivity index is 2.17. The van der Waals surface area contributed by atoms with E-state index in [1.165, 1.54) is 0 Å². The van der Waals surface area contributed by atoms with E-state index in [0.717, 1.165) is 0 Å². The van der Waals surface area contributed by atoms with Crippen molar-refractivity contribution < 1.29 is 8.42 Å². The van der Waals surface area contributed by atoms with Crippen molar-refractivity contribution in [3.8, 4) is 0 Å². The second-order valence-electron chi connectivity index (χ2n) is 4.17. The third-order valence-electron chi connectivity index (χ3n) is 2.81. The Labute approximate surface area is 106 Å². The number of hydrogen-bond acceptors (Lipinski definition) is 5. The van der Waals surface area contributed by atoms with Gasteiger partial charge >= 0.3 is 0 Å². The number of nitrogens with zero attached hydrogens (tertiary/aromatic N) is 3. The lowest BCUT2D eigenvalue weighted by Crippen LogP contribution is -2.47. The molecule has 5 nitrogen and oxygen atoms in total. The molecule has 17 heavy (non-hydrogen) atoms. The monoisotopic (exact) mass is 275 g/mol. The molecule has 0 amide bonds. The van der Waals surface area contributed by atoms with Crippen LogP contribution >= 0.6 is 11.6 Å². The molecule has 7 heteroatoms. The maximum atomic E-state index is 11.5. The van der Waals surface area contributed by atoms with Gasteiger partial charge in [-0.2, -0.15) is 5.10 Å². The second-order valence-corrected chi connectivity index (χ2v) is 6.67. The summed E-state index contributed by atoms with van der Waals surface area (Å²) in [5.74, 6) is 1.39. The molecule has 1 aliphatic heterocycles. The molecule has 0 radical (unpaired) electrons. The molecule has 1 fully saturated rings. The Morgan fingerprint density at radius 1 is 1.47 bits per heavy atom. The molecule has 2 rings (SSSR count). The summed E-state index contributed by atoms with van der Waals surface area (Å²) in [5.41, 5.74) is 0.715. The Morgan fingerprint density at radius 2 is 2.24 bits per heavy atom. The average Bonchev–Trinajstić information content (AvgIpc) is 2.28. The minimum absolute atomic E-state index is 0.0649. The predicted octanol–water partition coefficient (Wildman–Crippen LogP) is 0.839. The highest BCUT2D eigenvalue weighted by Gasteiger charge is 2.28. The van der Waals surface area contributed by atoms with Gasteiger partial charge in [-0.15, -0.1) is 16.7 Å². The maximum absolute atomic E-state index is 11.5. The van der Waals surface area contributed by atoms with Crippen molar-refractivity contribution in [1.82, 2.24) is 10.2 Å². The van der Waals surface area contributed by atoms with E-state index in [2.05, 4.69) is 10.2 Å². The van der Waals surface area contributed by atoms with Gasteiger partial charge in [-0.1, -0.05) is 0 Å². The van der Waals surface area contributed by atoms with Crippen LogP contribution in [0.5, 0.6) is 0 Å². The van der Waals surface area contributed by atoms with E-state index in [1.54, 1.807) is 0 Å². The number of aromatic nitrogens is 2. The van der Waals surface area contributed by atoms with Crippen molar-refractivity contribution in [3.63, 3.8) is 0 Å². The Bertz CT molecular complexity index is 489. The average molecular weight is 276 g/mol. The van der Waals surface area contributed by atoms with Gasteiger partial charge in [0.15, 0.2) is 15.7 Å². The largest absolute Gasteiger partial charge is 0.350 e. The van der Waals surface area contributed by atoms with Crippen LogP contribution in [-0.2, 0) is 15.7 Å². The Morgan fingerprint density at radius 3 is 2.76 bits per heavy atom. The van der Waals surface area contributed by atoms with Crippen LogP contribution in [-0.4, -0.2) is 42.7 Å². The zero-order chi connectivity index (χ0) is 12.5. The summed E-state index contributed by atoms with van der Waals surface area (Å²) < 4.78 is 22.9. The smallest absolute Gasteiger partial charge is 0.154 e. The van der Waals surface area contributed by atoms with Gasteiger partial charge in [-0.05, 0) is 19.1 Å². The molecule has 0 aliphatic carbocycles. The van der Waals surface area contributed by atoms with Crippen LogP contribution in [0.4, 0.5) is 5.82 Å². The van der Waals surface area contributed by atoms with Crippen molar-refractivity contribution in [2.75, 3.05) is 23.0 Å². The summed E-state index contributed by atoms with van der Waals surface area (Å²) in [6.07, 6.45) is 0. The minimum Gasteiger partial charge on any atom is -0.350 e. The Kier molecular flexibility index (Phi) is 3.53. The lowest BCUT2D eigenvalue weighted by Gasteiger charge is -2.33. The van der Waals surface area contributed by atoms with E-state index in [9.17, 15) is 8.42 Å². The van der Waals surface area contributed by atoms with Crippen molar-refractivity contribution in [1.29, 1.82) is 0 Å². The first-order valence-corrected chi connectivity index (χ1v) is 7.73. The van der Waals surface area contributed by atoms with Crippen molar-refractivity contribution >= 4 is 27.3 Å². The number of alkyl halides is 1. The summed E-state index contributed by atoms with van der Waals surface area (Å²) in [5, 5.41) is 8.04. The van der Waals surface area contributed by atoms with Gasteiger partial charge in [-0.25, -0.2) is 8.42 Å². The summed E-state index contributed by atoms with van der Waals surface area (Å²) in [6.45, 7) is 2.35. The van der Waals surface area contributed by atoms with Gasteiger partial charge < -0.3 is 4.90 Å². The highest BCUT2D eigenvalue weighted by Crippen LogP contribution is 2.18. The topological polar surface area (TPSA) is 63.2 Å².